The molecule has 0 aromatic heterocycles. The fraction of sp³-hybridized carbons (Fsp3) is 0.200. The van der Waals surface area contributed by atoms with E-state index in [-0.39, 0.29) is 15.5 Å². The Kier molecular flexibility index (Phi) is 2.40. The van der Waals surface area contributed by atoms with Crippen LogP contribution < -0.4 is 5.32 Å². The molecule has 78 valence electrons. The van der Waals surface area contributed by atoms with E-state index < -0.39 is 0 Å². The zero-order valence-electron chi connectivity index (χ0n) is 8.14. The zero-order chi connectivity index (χ0) is 10.9. The Balaban J connectivity index is 2.36. The predicted octanol–water partition coefficient (Wildman–Crippen LogP) is 2.58. The van der Waals surface area contributed by atoms with Crippen LogP contribution in [0.3, 0.4) is 0 Å². The van der Waals surface area contributed by atoms with E-state index in [4.69, 9.17) is 0 Å². The summed E-state index contributed by atoms with van der Waals surface area (Å²) in [6.07, 6.45) is 1.85. The van der Waals surface area contributed by atoms with Crippen molar-refractivity contribution in [3.8, 4) is 0 Å². The summed E-state index contributed by atoms with van der Waals surface area (Å²) in [6, 6.07) is 6.70. The molecule has 0 amide bonds. The molecule has 4 nitrogen and oxygen atoms in total. The normalized spacial score (nSPS) is 23.8. The van der Waals surface area contributed by atoms with Crippen molar-refractivity contribution in [1.82, 2.24) is 5.32 Å². The van der Waals surface area contributed by atoms with Crippen molar-refractivity contribution in [2.75, 3.05) is 0 Å². The Morgan fingerprint density at radius 1 is 1.53 bits per heavy atom. The van der Waals surface area contributed by atoms with Gasteiger partial charge in [0, 0.05) is 18.3 Å². The van der Waals surface area contributed by atoms with E-state index in [2.05, 4.69) is 5.32 Å². The summed E-state index contributed by atoms with van der Waals surface area (Å²) in [5.74, 6) is 0. The Morgan fingerprint density at radius 2 is 2.33 bits per heavy atom. The second-order valence-electron chi connectivity index (χ2n) is 3.41. The van der Waals surface area contributed by atoms with Crippen LogP contribution in [0.2, 0.25) is 0 Å². The highest BCUT2D eigenvalue weighted by Gasteiger charge is 2.29. The number of non-ortho nitro benzene ring substituents is 1. The van der Waals surface area contributed by atoms with Crippen molar-refractivity contribution >= 4 is 17.4 Å². The topological polar surface area (TPSA) is 55.2 Å². The Morgan fingerprint density at radius 3 is 2.93 bits per heavy atom. The average Bonchev–Trinajstić information content (AvgIpc) is 2.67. The highest BCUT2D eigenvalue weighted by molar-refractivity contribution is 8.03. The van der Waals surface area contributed by atoms with Gasteiger partial charge in [0.05, 0.1) is 4.92 Å². The van der Waals surface area contributed by atoms with Gasteiger partial charge in [0.2, 0.25) is 0 Å². The van der Waals surface area contributed by atoms with Crippen LogP contribution in [-0.4, -0.2) is 4.92 Å². The van der Waals surface area contributed by atoms with Gasteiger partial charge in [-0.3, -0.25) is 10.1 Å². The Bertz CT molecular complexity index is 423. The molecule has 0 bridgehead atoms. The van der Waals surface area contributed by atoms with Gasteiger partial charge >= 0.3 is 0 Å². The second kappa shape index (κ2) is 3.58. The molecule has 0 aliphatic carbocycles. The lowest BCUT2D eigenvalue weighted by atomic mass is 10.1. The standard InChI is InChI=1S/C10H10N2O2S/c1-10(11-5-6-15-10)8-3-2-4-9(7-8)12(13)14/h2-7,11H,1H3. The highest BCUT2D eigenvalue weighted by Crippen LogP contribution is 2.38. The van der Waals surface area contributed by atoms with E-state index >= 15 is 0 Å². The quantitative estimate of drug-likeness (QED) is 0.617. The van der Waals surface area contributed by atoms with Gasteiger partial charge in [-0.1, -0.05) is 23.9 Å². The molecule has 0 saturated carbocycles. The number of thioether (sulfide) groups is 1. The number of nitrogens with one attached hydrogen (secondary N) is 1. The van der Waals surface area contributed by atoms with Gasteiger partial charge in [-0.25, -0.2) is 0 Å². The lowest BCUT2D eigenvalue weighted by Crippen LogP contribution is -2.28. The van der Waals surface area contributed by atoms with Crippen LogP contribution in [0, 0.1) is 10.1 Å². The number of benzene rings is 1. The molecule has 1 aromatic carbocycles. The third kappa shape index (κ3) is 1.83. The van der Waals surface area contributed by atoms with Crippen molar-refractivity contribution < 1.29 is 4.92 Å². The van der Waals surface area contributed by atoms with Crippen LogP contribution >= 0.6 is 11.8 Å². The highest BCUT2D eigenvalue weighted by atomic mass is 32.2. The summed E-state index contributed by atoms with van der Waals surface area (Å²) in [5.41, 5.74) is 1.04. The minimum Gasteiger partial charge on any atom is -0.373 e. The van der Waals surface area contributed by atoms with E-state index in [1.807, 2.05) is 24.6 Å². The summed E-state index contributed by atoms with van der Waals surface area (Å²) in [5, 5.41) is 15.8. The van der Waals surface area contributed by atoms with E-state index in [9.17, 15) is 10.1 Å². The van der Waals surface area contributed by atoms with Crippen LogP contribution in [0.5, 0.6) is 0 Å². The lowest BCUT2D eigenvalue weighted by molar-refractivity contribution is -0.384. The maximum atomic E-state index is 10.6. The first-order valence-corrected chi connectivity index (χ1v) is 5.35. The van der Waals surface area contributed by atoms with Crippen LogP contribution in [0.1, 0.15) is 12.5 Å². The summed E-state index contributed by atoms with van der Waals surface area (Å²) < 4.78 is 0. The molecule has 0 saturated heterocycles. The van der Waals surface area contributed by atoms with Crippen molar-refractivity contribution in [1.29, 1.82) is 0 Å². The monoisotopic (exact) mass is 222 g/mol. The molecule has 1 unspecified atom stereocenters. The van der Waals surface area contributed by atoms with Crippen molar-refractivity contribution in [2.45, 2.75) is 11.8 Å². The van der Waals surface area contributed by atoms with Crippen LogP contribution in [0.4, 0.5) is 5.69 Å². The van der Waals surface area contributed by atoms with Gasteiger partial charge < -0.3 is 5.32 Å². The summed E-state index contributed by atoms with van der Waals surface area (Å²) in [7, 11) is 0. The molecule has 1 atom stereocenters. The molecule has 1 N–H and O–H groups in total. The van der Waals surface area contributed by atoms with Gasteiger partial charge in [0.1, 0.15) is 4.87 Å². The summed E-state index contributed by atoms with van der Waals surface area (Å²) >= 11 is 1.60. The van der Waals surface area contributed by atoms with Crippen LogP contribution in [-0.2, 0) is 4.87 Å². The summed E-state index contributed by atoms with van der Waals surface area (Å²) in [6.45, 7) is 2.00. The van der Waals surface area contributed by atoms with E-state index in [1.165, 1.54) is 6.07 Å². The lowest BCUT2D eigenvalue weighted by Gasteiger charge is -2.24. The third-order valence-corrected chi connectivity index (χ3v) is 3.44. The number of nitro benzene ring substituents is 1. The van der Waals surface area contributed by atoms with Crippen LogP contribution in [0.25, 0.3) is 0 Å². The van der Waals surface area contributed by atoms with E-state index in [0.717, 1.165) is 5.56 Å². The maximum absolute atomic E-state index is 10.6. The third-order valence-electron chi connectivity index (χ3n) is 2.34. The van der Waals surface area contributed by atoms with Crippen molar-refractivity contribution in [2.24, 2.45) is 0 Å². The first-order chi connectivity index (χ1) is 7.12. The van der Waals surface area contributed by atoms with Gasteiger partial charge in [-0.05, 0) is 17.9 Å². The number of hydrogen-bond donors (Lipinski definition) is 1. The first kappa shape index (κ1) is 10.0. The SMILES string of the molecule is CC1(c2cccc([N+](=O)[O-])c2)NC=CS1. The number of nitro groups is 1. The van der Waals surface area contributed by atoms with E-state index in [0.29, 0.717) is 0 Å². The van der Waals surface area contributed by atoms with Crippen molar-refractivity contribution in [3.63, 3.8) is 0 Å². The minimum atomic E-state index is -0.375. The smallest absolute Gasteiger partial charge is 0.269 e. The fourth-order valence-corrected chi connectivity index (χ4v) is 2.27. The maximum Gasteiger partial charge on any atom is 0.269 e. The molecule has 5 heteroatoms. The zero-order valence-corrected chi connectivity index (χ0v) is 8.95. The summed E-state index contributed by atoms with van der Waals surface area (Å²) in [4.78, 5) is 9.97. The molecular formula is C10H10N2O2S. The van der Waals surface area contributed by atoms with Gasteiger partial charge in [0.15, 0.2) is 0 Å². The molecule has 1 aliphatic rings. The second-order valence-corrected chi connectivity index (χ2v) is 4.73. The van der Waals surface area contributed by atoms with Gasteiger partial charge in [-0.15, -0.1) is 0 Å². The van der Waals surface area contributed by atoms with Crippen LogP contribution in [0.15, 0.2) is 35.9 Å². The Hall–Kier alpha value is -1.49. The van der Waals surface area contributed by atoms with E-state index in [1.54, 1.807) is 23.9 Å². The fourth-order valence-electron chi connectivity index (χ4n) is 1.46. The molecule has 0 radical (unpaired) electrons. The minimum absolute atomic E-state index is 0.128. The molecule has 2 rings (SSSR count). The molecule has 0 spiro atoms. The number of hydrogen-bond acceptors (Lipinski definition) is 4. The number of rotatable bonds is 2. The molecular weight excluding hydrogens is 212 g/mol. The molecule has 1 heterocycles. The molecule has 1 aliphatic heterocycles. The molecule has 1 aromatic rings. The average molecular weight is 222 g/mol. The number of nitrogens with zero attached hydrogens (tertiary/aromatic N) is 1. The first-order valence-electron chi connectivity index (χ1n) is 4.47. The molecule has 0 fully saturated rings. The van der Waals surface area contributed by atoms with Gasteiger partial charge in [0.25, 0.3) is 5.69 Å². The largest absolute Gasteiger partial charge is 0.373 e. The van der Waals surface area contributed by atoms with Gasteiger partial charge in [-0.2, -0.15) is 0 Å². The predicted molar refractivity (Wildman–Crippen MR) is 60.3 cm³/mol. The molecule has 15 heavy (non-hydrogen) atoms. The Labute approximate surface area is 91.5 Å². The van der Waals surface area contributed by atoms with Crippen molar-refractivity contribution in [3.05, 3.63) is 51.6 Å².